The van der Waals surface area contributed by atoms with Gasteiger partial charge >= 0.3 is 5.97 Å². The Labute approximate surface area is 171 Å². The molecule has 10 nitrogen and oxygen atoms in total. The number of benzene rings is 2. The van der Waals surface area contributed by atoms with Crippen LogP contribution in [-0.2, 0) is 9.53 Å². The molecule has 10 heteroatoms. The molecule has 1 amide bonds. The summed E-state index contributed by atoms with van der Waals surface area (Å²) in [7, 11) is 1.17. The zero-order chi connectivity index (χ0) is 22.3. The largest absolute Gasteiger partial charge is 0.865 e. The number of hydrogen-bond acceptors (Lipinski definition) is 8. The summed E-state index contributed by atoms with van der Waals surface area (Å²) in [5, 5.41) is 34.7. The molecule has 0 bridgehead atoms. The van der Waals surface area contributed by atoms with E-state index in [1.165, 1.54) is 37.4 Å². The molecule has 0 unspecified atom stereocenters. The molecule has 2 aromatic rings. The highest BCUT2D eigenvalue weighted by atomic mass is 16.6. The Hall–Kier alpha value is -4.39. The average Bonchev–Trinajstić information content (AvgIpc) is 2.73. The van der Waals surface area contributed by atoms with Gasteiger partial charge in [0.1, 0.15) is 17.4 Å². The van der Waals surface area contributed by atoms with Gasteiger partial charge in [-0.05, 0) is 48.9 Å². The number of nitro benzene ring substituents is 1. The number of amides is 1. The van der Waals surface area contributed by atoms with Gasteiger partial charge in [0.2, 0.25) is 0 Å². The van der Waals surface area contributed by atoms with Crippen molar-refractivity contribution >= 4 is 29.3 Å². The number of carbonyl (C=O) groups excluding carboxylic acids is 2. The number of esters is 1. The number of ether oxygens (including phenoxy) is 2. The summed E-state index contributed by atoms with van der Waals surface area (Å²) in [6.07, 6.45) is 1.09. The first kappa shape index (κ1) is 21.9. The van der Waals surface area contributed by atoms with Crippen LogP contribution in [0.2, 0.25) is 0 Å². The summed E-state index contributed by atoms with van der Waals surface area (Å²) in [5.41, 5.74) is -0.425. The van der Waals surface area contributed by atoms with E-state index in [1.807, 2.05) is 0 Å². The molecule has 2 rings (SSSR count). The van der Waals surface area contributed by atoms with Gasteiger partial charge in [0.15, 0.2) is 0 Å². The van der Waals surface area contributed by atoms with E-state index in [0.717, 1.165) is 12.1 Å². The summed E-state index contributed by atoms with van der Waals surface area (Å²) in [6.45, 7) is 1.90. The van der Waals surface area contributed by atoms with Crippen molar-refractivity contribution in [3.05, 3.63) is 63.2 Å². The molecule has 0 saturated heterocycles. The van der Waals surface area contributed by atoms with Crippen LogP contribution in [0.1, 0.15) is 22.8 Å². The minimum atomic E-state index is -0.913. The van der Waals surface area contributed by atoms with Crippen LogP contribution in [0.15, 0.2) is 42.0 Å². The van der Waals surface area contributed by atoms with Crippen LogP contribution in [0.4, 0.5) is 11.4 Å². The molecule has 0 aliphatic rings. The van der Waals surface area contributed by atoms with Gasteiger partial charge in [0.05, 0.1) is 24.2 Å². The number of methoxy groups -OCH3 is 1. The molecule has 154 valence electrons. The van der Waals surface area contributed by atoms with Gasteiger partial charge in [-0.3, -0.25) is 14.9 Å². The Balaban J connectivity index is 2.27. The normalized spacial score (nSPS) is 10.6. The standard InChI is InChI=1S/C20H17N3O7/c1-3-30-20(26)13-4-6-15(7-5-13)22-19(25)14(11-21)8-12-9-16(23(27)28)18(24)17(10-12)29-2/h4-10,24H,3H2,1-2H3,(H,22,25)/p-1/b14-8+. The predicted octanol–water partition coefficient (Wildman–Crippen LogP) is 2.40. The number of hydrogen-bond donors (Lipinski definition) is 1. The minimum Gasteiger partial charge on any atom is -0.865 e. The van der Waals surface area contributed by atoms with Crippen molar-refractivity contribution in [2.45, 2.75) is 6.92 Å². The number of carbonyl (C=O) groups is 2. The molecular formula is C20H16N3O7-. The maximum absolute atomic E-state index is 12.4. The fraction of sp³-hybridized carbons (Fsp3) is 0.150. The van der Waals surface area contributed by atoms with Crippen molar-refractivity contribution in [3.63, 3.8) is 0 Å². The second-order valence-corrected chi connectivity index (χ2v) is 5.75. The molecule has 0 spiro atoms. The molecule has 0 radical (unpaired) electrons. The zero-order valence-electron chi connectivity index (χ0n) is 16.0. The molecule has 0 saturated carbocycles. The average molecular weight is 410 g/mol. The van der Waals surface area contributed by atoms with Crippen molar-refractivity contribution < 1.29 is 29.1 Å². The lowest BCUT2D eigenvalue weighted by atomic mass is 10.1. The number of nitriles is 1. The van der Waals surface area contributed by atoms with Gasteiger partial charge in [-0.25, -0.2) is 4.79 Å². The Kier molecular flexibility index (Phi) is 7.08. The zero-order valence-corrected chi connectivity index (χ0v) is 16.0. The summed E-state index contributed by atoms with van der Waals surface area (Å²) in [5.74, 6) is -2.49. The second-order valence-electron chi connectivity index (χ2n) is 5.75. The van der Waals surface area contributed by atoms with E-state index in [0.29, 0.717) is 11.3 Å². The maximum atomic E-state index is 12.4. The lowest BCUT2D eigenvalue weighted by molar-refractivity contribution is -0.398. The second kappa shape index (κ2) is 9.70. The smallest absolute Gasteiger partial charge is 0.338 e. The van der Waals surface area contributed by atoms with Crippen molar-refractivity contribution in [3.8, 4) is 17.6 Å². The van der Waals surface area contributed by atoms with E-state index in [9.17, 15) is 30.1 Å². The summed E-state index contributed by atoms with van der Waals surface area (Å²) in [6, 6.07) is 9.65. The molecule has 0 atom stereocenters. The van der Waals surface area contributed by atoms with Crippen LogP contribution in [0, 0.1) is 21.4 Å². The van der Waals surface area contributed by atoms with Gasteiger partial charge in [-0.2, -0.15) is 5.26 Å². The number of rotatable bonds is 7. The predicted molar refractivity (Wildman–Crippen MR) is 104 cm³/mol. The van der Waals surface area contributed by atoms with Crippen LogP contribution in [0.3, 0.4) is 0 Å². The summed E-state index contributed by atoms with van der Waals surface area (Å²) >= 11 is 0. The highest BCUT2D eigenvalue weighted by molar-refractivity contribution is 6.09. The SMILES string of the molecule is CCOC(=O)c1ccc(NC(=O)/C(C#N)=C/c2cc(OC)c([O-])c([N+](=O)[O-])c2)cc1. The summed E-state index contributed by atoms with van der Waals surface area (Å²) in [4.78, 5) is 34.2. The minimum absolute atomic E-state index is 0.0718. The monoisotopic (exact) mass is 410 g/mol. The van der Waals surface area contributed by atoms with Crippen LogP contribution in [-0.4, -0.2) is 30.5 Å². The fourth-order valence-electron chi connectivity index (χ4n) is 2.40. The van der Waals surface area contributed by atoms with E-state index in [1.54, 1.807) is 13.0 Å². The molecule has 30 heavy (non-hydrogen) atoms. The number of nitrogens with zero attached hydrogens (tertiary/aromatic N) is 2. The molecule has 0 aliphatic carbocycles. The topological polar surface area (TPSA) is 155 Å². The van der Waals surface area contributed by atoms with Gasteiger partial charge < -0.3 is 19.9 Å². The maximum Gasteiger partial charge on any atom is 0.338 e. The Morgan fingerprint density at radius 1 is 1.27 bits per heavy atom. The molecular weight excluding hydrogens is 394 g/mol. The van der Waals surface area contributed by atoms with Crippen LogP contribution < -0.4 is 15.2 Å². The molecule has 1 N–H and O–H groups in total. The number of nitro groups is 1. The third kappa shape index (κ3) is 5.11. The third-order valence-electron chi connectivity index (χ3n) is 3.80. The quantitative estimate of drug-likeness (QED) is 0.240. The van der Waals surface area contributed by atoms with E-state index >= 15 is 0 Å². The third-order valence-corrected chi connectivity index (χ3v) is 3.80. The van der Waals surface area contributed by atoms with Gasteiger partial charge in [0.25, 0.3) is 11.6 Å². The van der Waals surface area contributed by atoms with E-state index in [4.69, 9.17) is 9.47 Å². The molecule has 0 aliphatic heterocycles. The van der Waals surface area contributed by atoms with Crippen molar-refractivity contribution in [2.24, 2.45) is 0 Å². The first-order valence-electron chi connectivity index (χ1n) is 8.54. The van der Waals surface area contributed by atoms with Gasteiger partial charge in [-0.1, -0.05) is 0 Å². The van der Waals surface area contributed by atoms with Crippen LogP contribution in [0.5, 0.6) is 11.5 Å². The first-order valence-corrected chi connectivity index (χ1v) is 8.54. The fourth-order valence-corrected chi connectivity index (χ4v) is 2.40. The highest BCUT2D eigenvalue weighted by Crippen LogP contribution is 2.35. The van der Waals surface area contributed by atoms with Crippen LogP contribution in [0.25, 0.3) is 6.08 Å². The number of nitrogens with one attached hydrogen (secondary N) is 1. The Morgan fingerprint density at radius 2 is 1.93 bits per heavy atom. The van der Waals surface area contributed by atoms with E-state index in [2.05, 4.69) is 5.32 Å². The Morgan fingerprint density at radius 3 is 2.47 bits per heavy atom. The van der Waals surface area contributed by atoms with Gasteiger partial charge in [0, 0.05) is 17.5 Å². The molecule has 0 fully saturated rings. The lowest BCUT2D eigenvalue weighted by Gasteiger charge is -2.13. The van der Waals surface area contributed by atoms with E-state index < -0.39 is 28.2 Å². The Bertz CT molecular complexity index is 1050. The van der Waals surface area contributed by atoms with Crippen LogP contribution >= 0.6 is 0 Å². The lowest BCUT2D eigenvalue weighted by Crippen LogP contribution is -2.13. The van der Waals surface area contributed by atoms with Crippen molar-refractivity contribution in [2.75, 3.05) is 19.0 Å². The van der Waals surface area contributed by atoms with Gasteiger partial charge in [-0.15, -0.1) is 0 Å². The summed E-state index contributed by atoms with van der Waals surface area (Å²) < 4.78 is 9.69. The first-order chi connectivity index (χ1) is 14.3. The van der Waals surface area contributed by atoms with Crippen molar-refractivity contribution in [1.29, 1.82) is 5.26 Å². The number of anilines is 1. The molecule has 2 aromatic carbocycles. The van der Waals surface area contributed by atoms with E-state index in [-0.39, 0.29) is 23.5 Å². The molecule has 0 aromatic heterocycles. The molecule has 0 heterocycles. The van der Waals surface area contributed by atoms with Crippen molar-refractivity contribution in [1.82, 2.24) is 0 Å². The highest BCUT2D eigenvalue weighted by Gasteiger charge is 2.15.